The lowest BCUT2D eigenvalue weighted by Crippen LogP contribution is -2.25. The van der Waals surface area contributed by atoms with E-state index in [1.165, 1.54) is 11.5 Å². The molecule has 0 aliphatic heterocycles. The monoisotopic (exact) mass is 291 g/mol. The van der Waals surface area contributed by atoms with Gasteiger partial charge in [0.1, 0.15) is 11.6 Å². The van der Waals surface area contributed by atoms with E-state index in [1.54, 1.807) is 12.1 Å². The van der Waals surface area contributed by atoms with Crippen LogP contribution in [-0.4, -0.2) is 9.36 Å². The van der Waals surface area contributed by atoms with Crippen molar-refractivity contribution in [3.05, 3.63) is 41.0 Å². The van der Waals surface area contributed by atoms with E-state index in [9.17, 15) is 4.39 Å². The van der Waals surface area contributed by atoms with Gasteiger partial charge in [-0.1, -0.05) is 26.0 Å². The minimum Gasteiger partial charge on any atom is -0.353 e. The molecule has 2 aromatic rings. The fourth-order valence-corrected chi connectivity index (χ4v) is 3.47. The Morgan fingerprint density at radius 1 is 1.45 bits per heavy atom. The van der Waals surface area contributed by atoms with Gasteiger partial charge in [0.2, 0.25) is 5.13 Å². The van der Waals surface area contributed by atoms with Crippen LogP contribution in [0.5, 0.6) is 0 Å². The second kappa shape index (κ2) is 5.48. The lowest BCUT2D eigenvalue weighted by atomic mass is 9.80. The predicted molar refractivity (Wildman–Crippen MR) is 79.5 cm³/mol. The molecular weight excluding hydrogens is 273 g/mol. The maximum Gasteiger partial charge on any atom is 0.203 e. The summed E-state index contributed by atoms with van der Waals surface area (Å²) >= 11 is 1.38. The highest BCUT2D eigenvalue weighted by Gasteiger charge is 2.28. The van der Waals surface area contributed by atoms with Crippen LogP contribution >= 0.6 is 11.5 Å². The van der Waals surface area contributed by atoms with Crippen LogP contribution in [0.3, 0.4) is 0 Å². The Labute approximate surface area is 122 Å². The number of halogens is 1. The Morgan fingerprint density at radius 2 is 2.30 bits per heavy atom. The molecule has 2 atom stereocenters. The normalized spacial score (nSPS) is 21.6. The molecule has 0 fully saturated rings. The van der Waals surface area contributed by atoms with Gasteiger partial charge in [-0.2, -0.15) is 4.37 Å². The highest BCUT2D eigenvalue weighted by molar-refractivity contribution is 7.09. The van der Waals surface area contributed by atoms with Crippen molar-refractivity contribution in [1.29, 1.82) is 0 Å². The quantitative estimate of drug-likeness (QED) is 0.929. The average molecular weight is 291 g/mol. The number of aryl methyl sites for hydroxylation is 1. The van der Waals surface area contributed by atoms with E-state index in [1.807, 2.05) is 13.0 Å². The molecule has 1 heterocycles. The number of fused-ring (bicyclic) bond motifs is 1. The molecule has 1 aromatic heterocycles. The van der Waals surface area contributed by atoms with Crippen molar-refractivity contribution in [3.63, 3.8) is 0 Å². The minimum atomic E-state index is -0.0901. The van der Waals surface area contributed by atoms with E-state index in [4.69, 9.17) is 0 Å². The summed E-state index contributed by atoms with van der Waals surface area (Å²) < 4.78 is 18.2. The Hall–Kier alpha value is -1.49. The molecular formula is C15H18FN3S. The topological polar surface area (TPSA) is 37.8 Å². The number of rotatable bonds is 3. The van der Waals surface area contributed by atoms with Crippen molar-refractivity contribution in [2.45, 2.75) is 39.2 Å². The van der Waals surface area contributed by atoms with E-state index in [0.717, 1.165) is 41.3 Å². The third-order valence-corrected chi connectivity index (χ3v) is 4.66. The molecule has 0 saturated heterocycles. The Kier molecular flexibility index (Phi) is 3.70. The first-order chi connectivity index (χ1) is 9.69. The second-order valence-electron chi connectivity index (χ2n) is 5.31. The Morgan fingerprint density at radius 3 is 3.05 bits per heavy atom. The summed E-state index contributed by atoms with van der Waals surface area (Å²) in [7, 11) is 0. The number of hydrogen-bond acceptors (Lipinski definition) is 4. The number of aromatic nitrogens is 2. The molecule has 0 amide bonds. The lowest BCUT2D eigenvalue weighted by molar-refractivity contribution is 0.423. The van der Waals surface area contributed by atoms with Crippen LogP contribution in [0.1, 0.15) is 43.3 Å². The molecule has 0 spiro atoms. The summed E-state index contributed by atoms with van der Waals surface area (Å²) in [5.74, 6) is 1.23. The van der Waals surface area contributed by atoms with Gasteiger partial charge in [-0.3, -0.25) is 0 Å². The standard InChI is InChI=1S/C15H18FN3S/c1-3-13-17-15(20-19-13)18-14-9(2)7-8-10-11(14)5-4-6-12(10)16/h4-6,9,14H,3,7-8H2,1-2H3,(H,17,18,19). The van der Waals surface area contributed by atoms with Crippen molar-refractivity contribution in [3.8, 4) is 0 Å². The molecule has 2 unspecified atom stereocenters. The zero-order chi connectivity index (χ0) is 14.1. The van der Waals surface area contributed by atoms with Crippen LogP contribution in [0.2, 0.25) is 0 Å². The van der Waals surface area contributed by atoms with E-state index >= 15 is 0 Å². The molecule has 0 radical (unpaired) electrons. The SMILES string of the molecule is CCc1nsc(NC2c3cccc(F)c3CCC2C)n1. The van der Waals surface area contributed by atoms with E-state index in [2.05, 4.69) is 21.6 Å². The van der Waals surface area contributed by atoms with Crippen molar-refractivity contribution in [2.75, 3.05) is 5.32 Å². The molecule has 1 aliphatic carbocycles. The maximum atomic E-state index is 13.9. The van der Waals surface area contributed by atoms with E-state index in [-0.39, 0.29) is 11.9 Å². The minimum absolute atomic E-state index is 0.0901. The Bertz CT molecular complexity index is 611. The smallest absolute Gasteiger partial charge is 0.203 e. The van der Waals surface area contributed by atoms with Gasteiger partial charge in [-0.05, 0) is 36.0 Å². The first-order valence-electron chi connectivity index (χ1n) is 7.05. The molecule has 1 N–H and O–H groups in total. The summed E-state index contributed by atoms with van der Waals surface area (Å²) in [6, 6.07) is 5.48. The third-order valence-electron chi connectivity index (χ3n) is 3.97. The summed E-state index contributed by atoms with van der Waals surface area (Å²) in [4.78, 5) is 4.46. The summed E-state index contributed by atoms with van der Waals surface area (Å²) in [5, 5.41) is 4.28. The van der Waals surface area contributed by atoms with Crippen LogP contribution in [-0.2, 0) is 12.8 Å². The highest BCUT2D eigenvalue weighted by atomic mass is 32.1. The average Bonchev–Trinajstić information content (AvgIpc) is 2.90. The molecule has 0 bridgehead atoms. The van der Waals surface area contributed by atoms with Crippen molar-refractivity contribution >= 4 is 16.7 Å². The number of nitrogens with one attached hydrogen (secondary N) is 1. The van der Waals surface area contributed by atoms with Crippen molar-refractivity contribution in [2.24, 2.45) is 5.92 Å². The molecule has 3 nitrogen and oxygen atoms in total. The molecule has 1 aromatic carbocycles. The number of hydrogen-bond donors (Lipinski definition) is 1. The van der Waals surface area contributed by atoms with Crippen molar-refractivity contribution in [1.82, 2.24) is 9.36 Å². The van der Waals surface area contributed by atoms with E-state index in [0.29, 0.717) is 5.92 Å². The molecule has 5 heteroatoms. The zero-order valence-corrected chi connectivity index (χ0v) is 12.5. The van der Waals surface area contributed by atoms with Crippen LogP contribution in [0.25, 0.3) is 0 Å². The highest BCUT2D eigenvalue weighted by Crippen LogP contribution is 2.37. The van der Waals surface area contributed by atoms with Gasteiger partial charge >= 0.3 is 0 Å². The van der Waals surface area contributed by atoms with Gasteiger partial charge < -0.3 is 5.32 Å². The largest absolute Gasteiger partial charge is 0.353 e. The fourth-order valence-electron chi connectivity index (χ4n) is 2.78. The molecule has 1 aliphatic rings. The van der Waals surface area contributed by atoms with Gasteiger partial charge in [-0.15, -0.1) is 0 Å². The summed E-state index contributed by atoms with van der Waals surface area (Å²) in [6.07, 6.45) is 2.65. The van der Waals surface area contributed by atoms with E-state index < -0.39 is 0 Å². The predicted octanol–water partition coefficient (Wildman–Crippen LogP) is 3.98. The van der Waals surface area contributed by atoms with Crippen molar-refractivity contribution < 1.29 is 4.39 Å². The van der Waals surface area contributed by atoms with Gasteiger partial charge in [-0.25, -0.2) is 9.37 Å². The van der Waals surface area contributed by atoms with Gasteiger partial charge in [0.25, 0.3) is 0 Å². The number of nitrogens with zero attached hydrogens (tertiary/aromatic N) is 2. The van der Waals surface area contributed by atoms with Gasteiger partial charge in [0.15, 0.2) is 0 Å². The van der Waals surface area contributed by atoms with Crippen LogP contribution < -0.4 is 5.32 Å². The maximum absolute atomic E-state index is 13.9. The first-order valence-corrected chi connectivity index (χ1v) is 7.82. The second-order valence-corrected chi connectivity index (χ2v) is 6.07. The molecule has 20 heavy (non-hydrogen) atoms. The zero-order valence-electron chi connectivity index (χ0n) is 11.7. The Balaban J connectivity index is 1.91. The third kappa shape index (κ3) is 2.42. The molecule has 3 rings (SSSR count). The first kappa shape index (κ1) is 13.5. The molecule has 0 saturated carbocycles. The summed E-state index contributed by atoms with van der Waals surface area (Å²) in [6.45, 7) is 4.24. The van der Waals surface area contributed by atoms with Gasteiger partial charge in [0, 0.05) is 18.0 Å². The van der Waals surface area contributed by atoms with Gasteiger partial charge in [0.05, 0.1) is 6.04 Å². The van der Waals surface area contributed by atoms with Crippen LogP contribution in [0.15, 0.2) is 18.2 Å². The number of anilines is 1. The number of benzene rings is 1. The lowest BCUT2D eigenvalue weighted by Gasteiger charge is -2.32. The van der Waals surface area contributed by atoms with Crippen LogP contribution in [0, 0.1) is 11.7 Å². The summed E-state index contributed by atoms with van der Waals surface area (Å²) in [5.41, 5.74) is 1.92. The molecule has 106 valence electrons. The fraction of sp³-hybridized carbons (Fsp3) is 0.467. The van der Waals surface area contributed by atoms with Crippen LogP contribution in [0.4, 0.5) is 9.52 Å².